The highest BCUT2D eigenvalue weighted by atomic mass is 32.2. The first-order valence-corrected chi connectivity index (χ1v) is 7.32. The van der Waals surface area contributed by atoms with E-state index >= 15 is 0 Å². The van der Waals surface area contributed by atoms with Gasteiger partial charge in [0.1, 0.15) is 0 Å². The van der Waals surface area contributed by atoms with E-state index in [0.29, 0.717) is 17.7 Å². The summed E-state index contributed by atoms with van der Waals surface area (Å²) in [5.41, 5.74) is 6.53. The minimum atomic E-state index is -3.53. The molecule has 0 spiro atoms. The van der Waals surface area contributed by atoms with Crippen LogP contribution in [0.3, 0.4) is 0 Å². The Labute approximate surface area is 113 Å². The van der Waals surface area contributed by atoms with Crippen LogP contribution < -0.4 is 10.5 Å². The van der Waals surface area contributed by atoms with Crippen molar-refractivity contribution in [2.24, 2.45) is 5.73 Å². The lowest BCUT2D eigenvalue weighted by Gasteiger charge is -2.14. The molecule has 1 aromatic rings. The van der Waals surface area contributed by atoms with Gasteiger partial charge in [0, 0.05) is 25.3 Å². The molecule has 0 heterocycles. The van der Waals surface area contributed by atoms with Gasteiger partial charge in [-0.15, -0.1) is 0 Å². The summed E-state index contributed by atoms with van der Waals surface area (Å²) in [7, 11) is -0.670. The fourth-order valence-corrected chi connectivity index (χ4v) is 1.96. The number of hydrogen-bond donors (Lipinski definition) is 2. The second-order valence-electron chi connectivity index (χ2n) is 4.35. The van der Waals surface area contributed by atoms with E-state index in [2.05, 4.69) is 4.72 Å². The maximum atomic E-state index is 11.8. The summed E-state index contributed by atoms with van der Waals surface area (Å²) in [4.78, 5) is 11.8. The predicted molar refractivity (Wildman–Crippen MR) is 75.3 cm³/mol. The highest BCUT2D eigenvalue weighted by molar-refractivity contribution is 7.90. The number of benzene rings is 1. The van der Waals surface area contributed by atoms with Gasteiger partial charge >= 0.3 is 10.2 Å². The lowest BCUT2D eigenvalue weighted by atomic mass is 10.0. The molecule has 0 saturated heterocycles. The largest absolute Gasteiger partial charge is 0.321 e. The van der Waals surface area contributed by atoms with Crippen LogP contribution in [0.1, 0.15) is 23.7 Å². The van der Waals surface area contributed by atoms with E-state index in [4.69, 9.17) is 5.73 Å². The summed E-state index contributed by atoms with van der Waals surface area (Å²) in [6.07, 6.45) is 0.563. The molecule has 6 nitrogen and oxygen atoms in total. The van der Waals surface area contributed by atoms with Crippen molar-refractivity contribution < 1.29 is 13.2 Å². The molecular formula is C12H19N3O3S. The normalized spacial score (nSPS) is 13.3. The van der Waals surface area contributed by atoms with E-state index < -0.39 is 16.3 Å². The van der Waals surface area contributed by atoms with Crippen molar-refractivity contribution in [3.05, 3.63) is 29.8 Å². The molecule has 0 aliphatic carbocycles. The van der Waals surface area contributed by atoms with E-state index in [-0.39, 0.29) is 5.78 Å². The third-order valence-corrected chi connectivity index (χ3v) is 4.13. The molecule has 7 heteroatoms. The minimum absolute atomic E-state index is 0.149. The van der Waals surface area contributed by atoms with Crippen molar-refractivity contribution in [1.29, 1.82) is 0 Å². The summed E-state index contributed by atoms with van der Waals surface area (Å²) in [5.74, 6) is -0.149. The topological polar surface area (TPSA) is 92.5 Å². The predicted octanol–water partition coefficient (Wildman–Crippen LogP) is 0.825. The summed E-state index contributed by atoms with van der Waals surface area (Å²) < 4.78 is 26.7. The molecule has 0 radical (unpaired) electrons. The molecule has 1 rings (SSSR count). The van der Waals surface area contributed by atoms with Gasteiger partial charge in [0.15, 0.2) is 5.78 Å². The Kier molecular flexibility index (Phi) is 5.04. The number of carbonyl (C=O) groups is 1. The third-order valence-electron chi connectivity index (χ3n) is 2.67. The van der Waals surface area contributed by atoms with Crippen molar-refractivity contribution in [2.75, 3.05) is 18.8 Å². The first-order valence-electron chi connectivity index (χ1n) is 5.88. The zero-order chi connectivity index (χ0) is 14.6. The Morgan fingerprint density at radius 3 is 2.26 bits per heavy atom. The molecule has 1 aromatic carbocycles. The van der Waals surface area contributed by atoms with Crippen molar-refractivity contribution in [1.82, 2.24) is 4.31 Å². The number of nitrogens with zero attached hydrogens (tertiary/aromatic N) is 1. The van der Waals surface area contributed by atoms with Crippen LogP contribution in [-0.4, -0.2) is 38.6 Å². The van der Waals surface area contributed by atoms with Gasteiger partial charge in [-0.1, -0.05) is 6.92 Å². The minimum Gasteiger partial charge on any atom is -0.321 e. The Bertz CT molecular complexity index is 538. The van der Waals surface area contributed by atoms with E-state index in [9.17, 15) is 13.2 Å². The van der Waals surface area contributed by atoms with Crippen LogP contribution in [0.15, 0.2) is 24.3 Å². The van der Waals surface area contributed by atoms with E-state index in [0.717, 1.165) is 4.31 Å². The summed E-state index contributed by atoms with van der Waals surface area (Å²) in [5, 5.41) is 0. The summed E-state index contributed by atoms with van der Waals surface area (Å²) in [6, 6.07) is 5.67. The molecular weight excluding hydrogens is 266 g/mol. The number of nitrogens with two attached hydrogens (primary N) is 1. The number of ketones is 1. The molecule has 1 atom stereocenters. The summed E-state index contributed by atoms with van der Waals surface area (Å²) in [6.45, 7) is 1.84. The van der Waals surface area contributed by atoms with Gasteiger partial charge in [0.05, 0.1) is 6.04 Å². The molecule has 0 fully saturated rings. The molecule has 0 aliphatic heterocycles. The lowest BCUT2D eigenvalue weighted by Crippen LogP contribution is -2.30. The Balaban J connectivity index is 2.86. The molecule has 106 valence electrons. The number of carbonyl (C=O) groups excluding carboxylic acids is 1. The zero-order valence-corrected chi connectivity index (χ0v) is 12.1. The second kappa shape index (κ2) is 6.14. The third kappa shape index (κ3) is 4.02. The summed E-state index contributed by atoms with van der Waals surface area (Å²) >= 11 is 0. The molecule has 0 amide bonds. The fourth-order valence-electron chi connectivity index (χ4n) is 1.34. The monoisotopic (exact) mass is 285 g/mol. The fraction of sp³-hybridized carbons (Fsp3) is 0.417. The molecule has 1 unspecified atom stereocenters. The van der Waals surface area contributed by atoms with Crippen molar-refractivity contribution in [2.45, 2.75) is 19.4 Å². The average molecular weight is 285 g/mol. The van der Waals surface area contributed by atoms with Gasteiger partial charge in [0.25, 0.3) is 0 Å². The molecule has 0 saturated carbocycles. The van der Waals surface area contributed by atoms with Gasteiger partial charge in [-0.25, -0.2) is 0 Å². The van der Waals surface area contributed by atoms with Crippen molar-refractivity contribution >= 4 is 21.7 Å². The van der Waals surface area contributed by atoms with Crippen LogP contribution in [0.2, 0.25) is 0 Å². The Hall–Kier alpha value is -1.44. The molecule has 0 bridgehead atoms. The van der Waals surface area contributed by atoms with Crippen LogP contribution in [0.5, 0.6) is 0 Å². The zero-order valence-electron chi connectivity index (χ0n) is 11.3. The molecule has 19 heavy (non-hydrogen) atoms. The maximum Gasteiger partial charge on any atom is 0.301 e. The van der Waals surface area contributed by atoms with Crippen molar-refractivity contribution in [3.63, 3.8) is 0 Å². The van der Waals surface area contributed by atoms with Crippen LogP contribution >= 0.6 is 0 Å². The quantitative estimate of drug-likeness (QED) is 0.757. The van der Waals surface area contributed by atoms with Crippen LogP contribution in [-0.2, 0) is 10.2 Å². The van der Waals surface area contributed by atoms with E-state index in [1.54, 1.807) is 12.1 Å². The number of nitrogens with one attached hydrogen (secondary N) is 1. The standard InChI is InChI=1S/C12H19N3O3S/c1-4-11(13)12(16)9-5-7-10(8-6-9)14-19(17,18)15(2)3/h5-8,11,14H,4,13H2,1-3H3. The number of Topliss-reactive ketones (excluding diaryl/α,β-unsaturated/α-hetero) is 1. The highest BCUT2D eigenvalue weighted by Gasteiger charge is 2.15. The van der Waals surface area contributed by atoms with Gasteiger partial charge in [0.2, 0.25) is 0 Å². The van der Waals surface area contributed by atoms with E-state index in [1.807, 2.05) is 6.92 Å². The molecule has 0 aromatic heterocycles. The highest BCUT2D eigenvalue weighted by Crippen LogP contribution is 2.13. The SMILES string of the molecule is CCC(N)C(=O)c1ccc(NS(=O)(=O)N(C)C)cc1. The van der Waals surface area contributed by atoms with Crippen LogP contribution in [0.4, 0.5) is 5.69 Å². The van der Waals surface area contributed by atoms with Crippen LogP contribution in [0.25, 0.3) is 0 Å². The number of hydrogen-bond acceptors (Lipinski definition) is 4. The maximum absolute atomic E-state index is 11.8. The average Bonchev–Trinajstić information content (AvgIpc) is 2.37. The van der Waals surface area contributed by atoms with E-state index in [1.165, 1.54) is 26.2 Å². The van der Waals surface area contributed by atoms with Gasteiger partial charge in [-0.05, 0) is 30.7 Å². The first-order chi connectivity index (χ1) is 8.77. The smallest absolute Gasteiger partial charge is 0.301 e. The van der Waals surface area contributed by atoms with Crippen molar-refractivity contribution in [3.8, 4) is 0 Å². The van der Waals surface area contributed by atoms with Gasteiger partial charge in [-0.3, -0.25) is 9.52 Å². The number of rotatable bonds is 6. The Morgan fingerprint density at radius 1 is 1.32 bits per heavy atom. The second-order valence-corrected chi connectivity index (χ2v) is 6.23. The lowest BCUT2D eigenvalue weighted by molar-refractivity contribution is 0.0959. The Morgan fingerprint density at radius 2 is 1.84 bits per heavy atom. The number of anilines is 1. The van der Waals surface area contributed by atoms with Gasteiger partial charge in [-0.2, -0.15) is 12.7 Å². The molecule has 3 N–H and O–H groups in total. The molecule has 0 aliphatic rings. The van der Waals surface area contributed by atoms with Gasteiger partial charge < -0.3 is 5.73 Å². The van der Waals surface area contributed by atoms with Crippen LogP contribution in [0, 0.1) is 0 Å². The first kappa shape index (κ1) is 15.6.